The van der Waals surface area contributed by atoms with Crippen LogP contribution in [0, 0.1) is 5.92 Å². The van der Waals surface area contributed by atoms with Crippen molar-refractivity contribution >= 4 is 6.41 Å². The lowest BCUT2D eigenvalue weighted by molar-refractivity contribution is -0.119. The predicted molar refractivity (Wildman–Crippen MR) is 41.0 cm³/mol. The van der Waals surface area contributed by atoms with Gasteiger partial charge in [0.15, 0.2) is 0 Å². The number of rotatable bonds is 3. The van der Waals surface area contributed by atoms with Crippen LogP contribution in [-0.4, -0.2) is 31.1 Å². The number of hydrogen-bond acceptors (Lipinski definition) is 1. The Kier molecular flexibility index (Phi) is 3.33. The second-order valence-corrected chi connectivity index (χ2v) is 3.06. The Morgan fingerprint density at radius 2 is 2.09 bits per heavy atom. The minimum Gasteiger partial charge on any atom is -0.345 e. The number of amides is 1. The van der Waals surface area contributed by atoms with Crippen molar-refractivity contribution in [3.63, 3.8) is 0 Å². The average Bonchev–Trinajstić information content (AvgIpc) is 2.07. The first kappa shape index (κ1) is 8.50. The molecule has 1 aliphatic heterocycles. The lowest BCUT2D eigenvalue weighted by atomic mass is 9.94. The maximum absolute atomic E-state index is 11.9. The van der Waals surface area contributed by atoms with Crippen molar-refractivity contribution in [2.24, 2.45) is 5.92 Å². The molecule has 0 aromatic rings. The SMILES string of the molecule is O=CN1CCC(CCF)CC1. The fourth-order valence-corrected chi connectivity index (χ4v) is 1.50. The quantitative estimate of drug-likeness (QED) is 0.567. The molecule has 0 aromatic heterocycles. The van der Waals surface area contributed by atoms with Crippen LogP contribution in [0.25, 0.3) is 0 Å². The van der Waals surface area contributed by atoms with Gasteiger partial charge >= 0.3 is 0 Å². The molecule has 1 rings (SSSR count). The van der Waals surface area contributed by atoms with Crippen molar-refractivity contribution in [3.8, 4) is 0 Å². The number of halogens is 1. The number of nitrogens with zero attached hydrogens (tertiary/aromatic N) is 1. The third-order valence-corrected chi connectivity index (χ3v) is 2.32. The second kappa shape index (κ2) is 4.31. The van der Waals surface area contributed by atoms with Crippen molar-refractivity contribution in [1.29, 1.82) is 0 Å². The highest BCUT2D eigenvalue weighted by atomic mass is 19.1. The number of alkyl halides is 1. The second-order valence-electron chi connectivity index (χ2n) is 3.06. The zero-order chi connectivity index (χ0) is 8.10. The third-order valence-electron chi connectivity index (χ3n) is 2.32. The van der Waals surface area contributed by atoms with Crippen LogP contribution in [0.2, 0.25) is 0 Å². The summed E-state index contributed by atoms with van der Waals surface area (Å²) in [7, 11) is 0. The molecule has 0 spiro atoms. The first-order valence-electron chi connectivity index (χ1n) is 4.12. The van der Waals surface area contributed by atoms with Crippen molar-refractivity contribution in [2.75, 3.05) is 19.8 Å². The molecule has 0 aromatic carbocycles. The molecule has 2 nitrogen and oxygen atoms in total. The van der Waals surface area contributed by atoms with Crippen LogP contribution in [0.4, 0.5) is 4.39 Å². The first-order chi connectivity index (χ1) is 5.36. The summed E-state index contributed by atoms with van der Waals surface area (Å²) in [5.41, 5.74) is 0. The Hall–Kier alpha value is -0.600. The topological polar surface area (TPSA) is 20.3 Å². The van der Waals surface area contributed by atoms with Gasteiger partial charge in [-0.1, -0.05) is 0 Å². The molecule has 1 saturated heterocycles. The van der Waals surface area contributed by atoms with Crippen molar-refractivity contribution in [1.82, 2.24) is 4.90 Å². The summed E-state index contributed by atoms with van der Waals surface area (Å²) < 4.78 is 11.9. The molecule has 0 unspecified atom stereocenters. The molecule has 0 N–H and O–H groups in total. The number of piperidine rings is 1. The molecule has 0 aliphatic carbocycles. The smallest absolute Gasteiger partial charge is 0.209 e. The summed E-state index contributed by atoms with van der Waals surface area (Å²) in [4.78, 5) is 12.0. The van der Waals surface area contributed by atoms with Crippen molar-refractivity contribution in [2.45, 2.75) is 19.3 Å². The van der Waals surface area contributed by atoms with E-state index in [9.17, 15) is 9.18 Å². The van der Waals surface area contributed by atoms with Crippen molar-refractivity contribution in [3.05, 3.63) is 0 Å². The Morgan fingerprint density at radius 3 is 2.55 bits per heavy atom. The van der Waals surface area contributed by atoms with E-state index in [2.05, 4.69) is 0 Å². The largest absolute Gasteiger partial charge is 0.345 e. The Labute approximate surface area is 66.4 Å². The molecule has 3 heteroatoms. The molecule has 1 aliphatic rings. The molecule has 1 amide bonds. The Morgan fingerprint density at radius 1 is 1.45 bits per heavy atom. The van der Waals surface area contributed by atoms with Gasteiger partial charge in [0.1, 0.15) is 0 Å². The predicted octanol–water partition coefficient (Wildman–Crippen LogP) is 1.21. The van der Waals surface area contributed by atoms with Gasteiger partial charge < -0.3 is 4.90 Å². The van der Waals surface area contributed by atoms with Gasteiger partial charge in [-0.3, -0.25) is 9.18 Å². The van der Waals surface area contributed by atoms with E-state index in [1.807, 2.05) is 0 Å². The van der Waals surface area contributed by atoms with E-state index in [4.69, 9.17) is 0 Å². The summed E-state index contributed by atoms with van der Waals surface area (Å²) in [6.07, 6.45) is 3.50. The molecule has 0 radical (unpaired) electrons. The van der Waals surface area contributed by atoms with Crippen molar-refractivity contribution < 1.29 is 9.18 Å². The van der Waals surface area contributed by atoms with Crippen LogP contribution in [0.1, 0.15) is 19.3 Å². The maximum atomic E-state index is 11.9. The lowest BCUT2D eigenvalue weighted by Crippen LogP contribution is -2.32. The summed E-state index contributed by atoms with van der Waals surface area (Å²) in [6.45, 7) is 1.41. The Bertz CT molecular complexity index is 121. The fraction of sp³-hybridized carbons (Fsp3) is 0.875. The minimum absolute atomic E-state index is 0.217. The molecule has 1 heterocycles. The molecule has 0 atom stereocenters. The van der Waals surface area contributed by atoms with Crippen LogP contribution in [0.15, 0.2) is 0 Å². The Balaban J connectivity index is 2.18. The summed E-state index contributed by atoms with van der Waals surface area (Å²) in [5, 5.41) is 0. The lowest BCUT2D eigenvalue weighted by Gasteiger charge is -2.28. The average molecular weight is 159 g/mol. The van der Waals surface area contributed by atoms with Crippen LogP contribution in [0.3, 0.4) is 0 Å². The molecule has 0 bridgehead atoms. The number of carbonyl (C=O) groups is 1. The summed E-state index contributed by atoms with van der Waals surface area (Å²) in [6, 6.07) is 0. The van der Waals surface area contributed by atoms with E-state index in [1.165, 1.54) is 0 Å². The minimum atomic E-state index is -0.217. The number of likely N-dealkylation sites (tertiary alicyclic amines) is 1. The molecular weight excluding hydrogens is 145 g/mol. The van der Waals surface area contributed by atoms with Gasteiger partial charge in [-0.05, 0) is 25.2 Å². The first-order valence-corrected chi connectivity index (χ1v) is 4.12. The van der Waals surface area contributed by atoms with Crippen LogP contribution < -0.4 is 0 Å². The van der Waals surface area contributed by atoms with E-state index < -0.39 is 0 Å². The zero-order valence-corrected chi connectivity index (χ0v) is 6.63. The number of carbonyl (C=O) groups excluding carboxylic acids is 1. The fourth-order valence-electron chi connectivity index (χ4n) is 1.50. The zero-order valence-electron chi connectivity index (χ0n) is 6.63. The molecule has 11 heavy (non-hydrogen) atoms. The highest BCUT2D eigenvalue weighted by Gasteiger charge is 2.16. The van der Waals surface area contributed by atoms with Gasteiger partial charge in [0.05, 0.1) is 6.67 Å². The van der Waals surface area contributed by atoms with Gasteiger partial charge in [0.2, 0.25) is 6.41 Å². The highest BCUT2D eigenvalue weighted by Crippen LogP contribution is 2.19. The van der Waals surface area contributed by atoms with Gasteiger partial charge in [-0.15, -0.1) is 0 Å². The molecule has 64 valence electrons. The molecular formula is C8H14FNO. The maximum Gasteiger partial charge on any atom is 0.209 e. The third kappa shape index (κ3) is 2.48. The van der Waals surface area contributed by atoms with Gasteiger partial charge in [0.25, 0.3) is 0 Å². The van der Waals surface area contributed by atoms with Crippen LogP contribution in [0.5, 0.6) is 0 Å². The normalized spacial score (nSPS) is 20.3. The van der Waals surface area contributed by atoms with Gasteiger partial charge in [0, 0.05) is 13.1 Å². The van der Waals surface area contributed by atoms with Crippen LogP contribution >= 0.6 is 0 Å². The number of hydrogen-bond donors (Lipinski definition) is 0. The van der Waals surface area contributed by atoms with Gasteiger partial charge in [-0.2, -0.15) is 0 Å². The summed E-state index contributed by atoms with van der Waals surface area (Å²) >= 11 is 0. The molecule has 0 saturated carbocycles. The van der Waals surface area contributed by atoms with E-state index in [-0.39, 0.29) is 6.67 Å². The van der Waals surface area contributed by atoms with Gasteiger partial charge in [-0.25, -0.2) is 0 Å². The van der Waals surface area contributed by atoms with Crippen LogP contribution in [-0.2, 0) is 4.79 Å². The van der Waals surface area contributed by atoms with E-state index in [1.54, 1.807) is 4.90 Å². The standard InChI is InChI=1S/C8H14FNO/c9-4-1-8-2-5-10(7-11)6-3-8/h7-8H,1-6H2. The highest BCUT2D eigenvalue weighted by molar-refractivity contribution is 5.47. The summed E-state index contributed by atoms with van der Waals surface area (Å²) in [5.74, 6) is 0.510. The van der Waals surface area contributed by atoms with E-state index in [0.29, 0.717) is 12.3 Å². The molecule has 1 fully saturated rings. The monoisotopic (exact) mass is 159 g/mol. The van der Waals surface area contributed by atoms with E-state index >= 15 is 0 Å². The van der Waals surface area contributed by atoms with E-state index in [0.717, 1.165) is 32.3 Å².